The molecule has 1 aliphatic heterocycles. The van der Waals surface area contributed by atoms with Gasteiger partial charge < -0.3 is 5.11 Å². The fourth-order valence-corrected chi connectivity index (χ4v) is 2.49. The van der Waals surface area contributed by atoms with Crippen molar-refractivity contribution in [1.29, 1.82) is 0 Å². The van der Waals surface area contributed by atoms with Crippen LogP contribution in [0.4, 0.5) is 5.69 Å². The first kappa shape index (κ1) is 12.6. The zero-order valence-corrected chi connectivity index (χ0v) is 11.0. The summed E-state index contributed by atoms with van der Waals surface area (Å²) >= 11 is 0. The maximum absolute atomic E-state index is 12.4. The summed E-state index contributed by atoms with van der Waals surface area (Å²) in [5.41, 5.74) is 2.82. The van der Waals surface area contributed by atoms with Gasteiger partial charge in [0.05, 0.1) is 23.4 Å². The molecule has 1 aliphatic rings. The Morgan fingerprint density at radius 1 is 0.950 bits per heavy atom. The number of rotatable bonds is 2. The van der Waals surface area contributed by atoms with Crippen LogP contribution in [0.25, 0.3) is 0 Å². The molecule has 1 heterocycles. The highest BCUT2D eigenvalue weighted by Crippen LogP contribution is 2.31. The van der Waals surface area contributed by atoms with Gasteiger partial charge in [-0.25, -0.2) is 4.90 Å². The maximum atomic E-state index is 12.4. The third-order valence-corrected chi connectivity index (χ3v) is 3.62. The van der Waals surface area contributed by atoms with Crippen LogP contribution in [-0.2, 0) is 6.61 Å². The molecule has 0 aromatic heterocycles. The van der Waals surface area contributed by atoms with E-state index in [1.165, 1.54) is 4.90 Å². The first-order chi connectivity index (χ1) is 9.65. The first-order valence-electron chi connectivity index (χ1n) is 6.32. The number of imide groups is 1. The smallest absolute Gasteiger partial charge is 0.266 e. The van der Waals surface area contributed by atoms with Crippen molar-refractivity contribution in [2.75, 3.05) is 4.90 Å². The van der Waals surface area contributed by atoms with E-state index in [1.807, 2.05) is 0 Å². The number of amides is 2. The number of aliphatic hydroxyl groups excluding tert-OH is 1. The minimum absolute atomic E-state index is 0.122. The van der Waals surface area contributed by atoms with Crippen LogP contribution in [0.3, 0.4) is 0 Å². The van der Waals surface area contributed by atoms with Crippen molar-refractivity contribution in [2.24, 2.45) is 0 Å². The van der Waals surface area contributed by atoms with Crippen LogP contribution in [0, 0.1) is 6.92 Å². The molecule has 20 heavy (non-hydrogen) atoms. The van der Waals surface area contributed by atoms with Gasteiger partial charge in [-0.2, -0.15) is 0 Å². The number of hydrogen-bond donors (Lipinski definition) is 1. The molecule has 0 bridgehead atoms. The summed E-state index contributed by atoms with van der Waals surface area (Å²) in [5.74, 6) is -0.632. The fourth-order valence-electron chi connectivity index (χ4n) is 2.49. The van der Waals surface area contributed by atoms with Gasteiger partial charge in [0.2, 0.25) is 0 Å². The van der Waals surface area contributed by atoms with E-state index >= 15 is 0 Å². The Labute approximate surface area is 116 Å². The highest BCUT2D eigenvalue weighted by atomic mass is 16.3. The van der Waals surface area contributed by atoms with Gasteiger partial charge in [0.25, 0.3) is 11.8 Å². The third-order valence-electron chi connectivity index (χ3n) is 3.62. The van der Waals surface area contributed by atoms with Gasteiger partial charge in [-0.1, -0.05) is 24.3 Å². The summed E-state index contributed by atoms with van der Waals surface area (Å²) in [6.07, 6.45) is 0. The lowest BCUT2D eigenvalue weighted by molar-refractivity contribution is 0.0926. The number of carbonyl (C=O) groups excluding carboxylic acids is 2. The van der Waals surface area contributed by atoms with Crippen LogP contribution in [0.2, 0.25) is 0 Å². The molecular weight excluding hydrogens is 254 g/mol. The summed E-state index contributed by atoms with van der Waals surface area (Å²) in [5, 5.41) is 9.30. The highest BCUT2D eigenvalue weighted by molar-refractivity contribution is 6.34. The van der Waals surface area contributed by atoms with Crippen molar-refractivity contribution in [3.8, 4) is 0 Å². The number of anilines is 1. The van der Waals surface area contributed by atoms with Gasteiger partial charge in [0.15, 0.2) is 0 Å². The average Bonchev–Trinajstić information content (AvgIpc) is 2.72. The van der Waals surface area contributed by atoms with Gasteiger partial charge in [0.1, 0.15) is 0 Å². The number of fused-ring (bicyclic) bond motifs is 1. The summed E-state index contributed by atoms with van der Waals surface area (Å²) in [4.78, 5) is 26.0. The van der Waals surface area contributed by atoms with Gasteiger partial charge in [0, 0.05) is 0 Å². The van der Waals surface area contributed by atoms with Crippen molar-refractivity contribution in [2.45, 2.75) is 13.5 Å². The second kappa shape index (κ2) is 4.58. The molecule has 2 aromatic carbocycles. The standard InChI is InChI=1S/C16H13NO3/c1-10-11(9-18)5-4-8-14(10)17-15(19)12-6-2-3-7-13(12)16(17)20/h2-8,18H,9H2,1H3. The van der Waals surface area contributed by atoms with Crippen LogP contribution >= 0.6 is 0 Å². The molecule has 1 N–H and O–H groups in total. The van der Waals surface area contributed by atoms with E-state index in [1.54, 1.807) is 49.4 Å². The van der Waals surface area contributed by atoms with Crippen LogP contribution in [0.1, 0.15) is 31.8 Å². The van der Waals surface area contributed by atoms with Gasteiger partial charge in [-0.3, -0.25) is 9.59 Å². The molecule has 0 saturated carbocycles. The van der Waals surface area contributed by atoms with E-state index in [0.29, 0.717) is 22.4 Å². The summed E-state index contributed by atoms with van der Waals surface area (Å²) in [6.45, 7) is 1.67. The number of aliphatic hydroxyl groups is 1. The quantitative estimate of drug-likeness (QED) is 0.849. The van der Waals surface area contributed by atoms with Crippen molar-refractivity contribution in [3.05, 3.63) is 64.7 Å². The normalized spacial score (nSPS) is 13.8. The van der Waals surface area contributed by atoms with E-state index in [4.69, 9.17) is 0 Å². The molecule has 2 aromatic rings. The summed E-state index contributed by atoms with van der Waals surface area (Å²) in [6, 6.07) is 12.0. The van der Waals surface area contributed by atoms with Gasteiger partial charge >= 0.3 is 0 Å². The first-order valence-corrected chi connectivity index (χ1v) is 6.32. The molecule has 0 unspecified atom stereocenters. The van der Waals surface area contributed by atoms with Crippen LogP contribution < -0.4 is 4.90 Å². The molecule has 0 radical (unpaired) electrons. The highest BCUT2D eigenvalue weighted by Gasteiger charge is 2.37. The Morgan fingerprint density at radius 2 is 1.55 bits per heavy atom. The molecular formula is C16H13NO3. The van der Waals surface area contributed by atoms with Crippen molar-refractivity contribution < 1.29 is 14.7 Å². The molecule has 4 heteroatoms. The van der Waals surface area contributed by atoms with E-state index < -0.39 is 0 Å². The lowest BCUT2D eigenvalue weighted by Crippen LogP contribution is -2.30. The van der Waals surface area contributed by atoms with Crippen molar-refractivity contribution >= 4 is 17.5 Å². The lowest BCUT2D eigenvalue weighted by atomic mass is 10.1. The third kappa shape index (κ3) is 1.66. The second-order valence-corrected chi connectivity index (χ2v) is 4.71. The van der Waals surface area contributed by atoms with Crippen LogP contribution in [0.15, 0.2) is 42.5 Å². The topological polar surface area (TPSA) is 57.6 Å². The van der Waals surface area contributed by atoms with Crippen LogP contribution in [-0.4, -0.2) is 16.9 Å². The lowest BCUT2D eigenvalue weighted by Gasteiger charge is -2.18. The SMILES string of the molecule is Cc1c(CO)cccc1N1C(=O)c2ccccc2C1=O. The molecule has 2 amide bonds. The molecule has 100 valence electrons. The Kier molecular flexibility index (Phi) is 2.88. The summed E-state index contributed by atoms with van der Waals surface area (Å²) in [7, 11) is 0. The van der Waals surface area contributed by atoms with Gasteiger partial charge in [-0.05, 0) is 36.2 Å². The molecule has 0 saturated heterocycles. The molecule has 0 fully saturated rings. The molecule has 4 nitrogen and oxygen atoms in total. The van der Waals surface area contributed by atoms with E-state index in [0.717, 1.165) is 5.56 Å². The van der Waals surface area contributed by atoms with Crippen LogP contribution in [0.5, 0.6) is 0 Å². The number of carbonyl (C=O) groups is 2. The van der Waals surface area contributed by atoms with Crippen molar-refractivity contribution in [1.82, 2.24) is 0 Å². The zero-order valence-electron chi connectivity index (χ0n) is 11.0. The zero-order chi connectivity index (χ0) is 14.3. The van der Waals surface area contributed by atoms with E-state index in [-0.39, 0.29) is 18.4 Å². The predicted molar refractivity (Wildman–Crippen MR) is 74.7 cm³/mol. The molecule has 0 atom stereocenters. The second-order valence-electron chi connectivity index (χ2n) is 4.71. The van der Waals surface area contributed by atoms with Gasteiger partial charge in [-0.15, -0.1) is 0 Å². The molecule has 0 spiro atoms. The minimum Gasteiger partial charge on any atom is -0.392 e. The Morgan fingerprint density at radius 3 is 2.10 bits per heavy atom. The largest absolute Gasteiger partial charge is 0.392 e. The summed E-state index contributed by atoms with van der Waals surface area (Å²) < 4.78 is 0. The monoisotopic (exact) mass is 267 g/mol. The number of nitrogens with zero attached hydrogens (tertiary/aromatic N) is 1. The van der Waals surface area contributed by atoms with Crippen molar-refractivity contribution in [3.63, 3.8) is 0 Å². The van der Waals surface area contributed by atoms with E-state index in [2.05, 4.69) is 0 Å². The average molecular weight is 267 g/mol. The molecule has 3 rings (SSSR count). The predicted octanol–water partition coefficient (Wildman–Crippen LogP) is 2.29. The van der Waals surface area contributed by atoms with E-state index in [9.17, 15) is 14.7 Å². The Bertz CT molecular complexity index is 686. The minimum atomic E-state index is -0.316. The Hall–Kier alpha value is -2.46. The number of benzene rings is 2. The Balaban J connectivity index is 2.14. The molecule has 0 aliphatic carbocycles. The number of hydrogen-bond acceptors (Lipinski definition) is 3. The fraction of sp³-hybridized carbons (Fsp3) is 0.125. The maximum Gasteiger partial charge on any atom is 0.266 e.